The molecule has 8 nitrogen and oxygen atoms in total. The van der Waals surface area contributed by atoms with E-state index >= 15 is 0 Å². The lowest BCUT2D eigenvalue weighted by Gasteiger charge is -2.09. The van der Waals surface area contributed by atoms with E-state index in [1.54, 1.807) is 30.7 Å². The van der Waals surface area contributed by atoms with Crippen molar-refractivity contribution >= 4 is 33.7 Å². The zero-order valence-corrected chi connectivity index (χ0v) is 20.1. The minimum atomic E-state index is -0.283. The summed E-state index contributed by atoms with van der Waals surface area (Å²) in [5.41, 5.74) is 6.90. The van der Waals surface area contributed by atoms with Gasteiger partial charge in [-0.2, -0.15) is 5.10 Å². The zero-order valence-electron chi connectivity index (χ0n) is 20.1. The van der Waals surface area contributed by atoms with E-state index in [1.165, 1.54) is 12.1 Å². The van der Waals surface area contributed by atoms with Crippen molar-refractivity contribution in [3.05, 3.63) is 79.0 Å². The summed E-state index contributed by atoms with van der Waals surface area (Å²) in [5, 5.41) is 11.1. The number of fused-ring (bicyclic) bond motifs is 2. The number of nitrogens with zero attached hydrogens (tertiary/aromatic N) is 4. The Balaban J connectivity index is 1.41. The first-order chi connectivity index (χ1) is 18.0. The number of para-hydroxylation sites is 1. The van der Waals surface area contributed by atoms with Crippen molar-refractivity contribution in [2.24, 2.45) is 5.92 Å². The lowest BCUT2D eigenvalue weighted by molar-refractivity contribution is -0.118. The Bertz CT molecular complexity index is 1770. The number of hydrogen-bond acceptors (Lipinski definition) is 5. The number of nitrogens with one attached hydrogen (secondary N) is 3. The zero-order chi connectivity index (χ0) is 25.5. The highest BCUT2D eigenvalue weighted by molar-refractivity contribution is 5.97. The van der Waals surface area contributed by atoms with E-state index in [4.69, 9.17) is 4.98 Å². The third-order valence-electron chi connectivity index (χ3n) is 6.18. The predicted molar refractivity (Wildman–Crippen MR) is 141 cm³/mol. The van der Waals surface area contributed by atoms with Gasteiger partial charge in [-0.15, -0.1) is 0 Å². The van der Waals surface area contributed by atoms with Gasteiger partial charge in [0.15, 0.2) is 11.5 Å². The Kier molecular flexibility index (Phi) is 5.45. The summed E-state index contributed by atoms with van der Waals surface area (Å²) in [6.07, 6.45) is 5.07. The van der Waals surface area contributed by atoms with E-state index in [0.717, 1.165) is 38.7 Å². The number of H-pyrrole nitrogens is 2. The van der Waals surface area contributed by atoms with Crippen LogP contribution in [0, 0.1) is 11.7 Å². The van der Waals surface area contributed by atoms with Crippen LogP contribution in [-0.2, 0) is 4.79 Å². The molecule has 6 rings (SSSR count). The largest absolute Gasteiger partial charge is 0.337 e. The van der Waals surface area contributed by atoms with Gasteiger partial charge in [-0.1, -0.05) is 38.1 Å². The molecule has 0 aliphatic rings. The first-order valence-corrected chi connectivity index (χ1v) is 11.8. The second-order valence-electron chi connectivity index (χ2n) is 9.09. The lowest BCUT2D eigenvalue weighted by Crippen LogP contribution is -2.17. The van der Waals surface area contributed by atoms with E-state index < -0.39 is 0 Å². The number of halogens is 1. The van der Waals surface area contributed by atoms with E-state index in [-0.39, 0.29) is 17.6 Å². The Labute approximate surface area is 211 Å². The number of anilines is 1. The van der Waals surface area contributed by atoms with Crippen molar-refractivity contribution in [3.8, 4) is 33.8 Å². The average molecular weight is 492 g/mol. The third kappa shape index (κ3) is 4.20. The molecule has 0 bridgehead atoms. The van der Waals surface area contributed by atoms with E-state index in [2.05, 4.69) is 30.5 Å². The predicted octanol–water partition coefficient (Wildman–Crippen LogP) is 5.96. The standard InChI is InChI=1S/C28H22FN7O/c1-15(2)28(37)32-20-10-17(12-30-14-20)18-11-22-25(35-36-26(22)31-13-18)27-33-23-5-3-4-21(24(23)34-27)16-6-8-19(29)9-7-16/h3-15H,1-2H3,(H,32,37)(H,33,34)(H,31,35,36). The highest BCUT2D eigenvalue weighted by atomic mass is 19.1. The molecule has 3 N–H and O–H groups in total. The van der Waals surface area contributed by atoms with Crippen LogP contribution in [0.3, 0.4) is 0 Å². The second-order valence-corrected chi connectivity index (χ2v) is 9.09. The maximum atomic E-state index is 13.5. The Morgan fingerprint density at radius 3 is 2.59 bits per heavy atom. The second kappa shape index (κ2) is 8.94. The molecule has 9 heteroatoms. The van der Waals surface area contributed by atoms with Crippen LogP contribution in [0.1, 0.15) is 13.8 Å². The maximum Gasteiger partial charge on any atom is 0.226 e. The van der Waals surface area contributed by atoms with Gasteiger partial charge >= 0.3 is 0 Å². The normalized spacial score (nSPS) is 11.5. The Morgan fingerprint density at radius 1 is 0.973 bits per heavy atom. The molecule has 2 aromatic carbocycles. The van der Waals surface area contributed by atoms with Crippen LogP contribution in [0.15, 0.2) is 73.2 Å². The van der Waals surface area contributed by atoms with E-state index in [1.807, 2.05) is 44.2 Å². The molecule has 0 atom stereocenters. The molecule has 0 radical (unpaired) electrons. The van der Waals surface area contributed by atoms with Crippen molar-refractivity contribution in [1.29, 1.82) is 0 Å². The first-order valence-electron chi connectivity index (χ1n) is 11.8. The fourth-order valence-corrected chi connectivity index (χ4v) is 4.20. The molecule has 0 aliphatic heterocycles. The van der Waals surface area contributed by atoms with Crippen molar-refractivity contribution in [1.82, 2.24) is 30.1 Å². The fraction of sp³-hybridized carbons (Fsp3) is 0.107. The summed E-state index contributed by atoms with van der Waals surface area (Å²) in [7, 11) is 0. The summed E-state index contributed by atoms with van der Waals surface area (Å²) in [6, 6.07) is 16.0. The summed E-state index contributed by atoms with van der Waals surface area (Å²) >= 11 is 0. The SMILES string of the molecule is CC(C)C(=O)Nc1cncc(-c2cnc3n[nH]c(-c4nc5c(-c6ccc(F)cc6)cccc5[nH]4)c3c2)c1. The highest BCUT2D eigenvalue weighted by Crippen LogP contribution is 2.32. The van der Waals surface area contributed by atoms with Crippen molar-refractivity contribution in [3.63, 3.8) is 0 Å². The molecule has 0 saturated carbocycles. The topological polar surface area (TPSA) is 112 Å². The van der Waals surface area contributed by atoms with Crippen molar-refractivity contribution in [2.75, 3.05) is 5.32 Å². The van der Waals surface area contributed by atoms with Gasteiger partial charge in [-0.3, -0.25) is 14.9 Å². The van der Waals surface area contributed by atoms with Gasteiger partial charge in [0, 0.05) is 35.0 Å². The van der Waals surface area contributed by atoms with Crippen LogP contribution in [-0.4, -0.2) is 36.0 Å². The Hall–Kier alpha value is -4.92. The number of amides is 1. The molecule has 6 aromatic rings. The Morgan fingerprint density at radius 2 is 1.78 bits per heavy atom. The third-order valence-corrected chi connectivity index (χ3v) is 6.18. The minimum Gasteiger partial charge on any atom is -0.337 e. The van der Waals surface area contributed by atoms with Crippen LogP contribution < -0.4 is 5.32 Å². The summed E-state index contributed by atoms with van der Waals surface area (Å²) in [5.74, 6) is 0.119. The number of benzene rings is 2. The number of hydrogen-bond donors (Lipinski definition) is 3. The van der Waals surface area contributed by atoms with Crippen LogP contribution in [0.5, 0.6) is 0 Å². The molecule has 4 aromatic heterocycles. The number of rotatable bonds is 5. The summed E-state index contributed by atoms with van der Waals surface area (Å²) in [4.78, 5) is 29.1. The van der Waals surface area contributed by atoms with Crippen molar-refractivity contribution in [2.45, 2.75) is 13.8 Å². The average Bonchev–Trinajstić information content (AvgIpc) is 3.53. The summed E-state index contributed by atoms with van der Waals surface area (Å²) < 4.78 is 13.5. The van der Waals surface area contributed by atoms with Crippen LogP contribution >= 0.6 is 0 Å². The van der Waals surface area contributed by atoms with Crippen molar-refractivity contribution < 1.29 is 9.18 Å². The molecule has 0 spiro atoms. The van der Waals surface area contributed by atoms with E-state index in [0.29, 0.717) is 22.9 Å². The number of imidazole rings is 1. The maximum absolute atomic E-state index is 13.5. The van der Waals surface area contributed by atoms with Gasteiger partial charge in [0.2, 0.25) is 5.91 Å². The number of carbonyl (C=O) groups excluding carboxylic acids is 1. The van der Waals surface area contributed by atoms with Gasteiger partial charge in [-0.25, -0.2) is 14.4 Å². The molecule has 0 aliphatic carbocycles. The van der Waals surface area contributed by atoms with E-state index in [9.17, 15) is 9.18 Å². The molecule has 37 heavy (non-hydrogen) atoms. The molecule has 0 unspecified atom stereocenters. The monoisotopic (exact) mass is 491 g/mol. The molecule has 4 heterocycles. The fourth-order valence-electron chi connectivity index (χ4n) is 4.20. The number of aromatic amines is 2. The van der Waals surface area contributed by atoms with Gasteiger partial charge in [0.05, 0.1) is 28.3 Å². The molecule has 0 fully saturated rings. The van der Waals surface area contributed by atoms with Gasteiger partial charge in [0.25, 0.3) is 0 Å². The summed E-state index contributed by atoms with van der Waals surface area (Å²) in [6.45, 7) is 3.68. The quantitative estimate of drug-likeness (QED) is 0.275. The molecule has 0 saturated heterocycles. The molecular weight excluding hydrogens is 469 g/mol. The van der Waals surface area contributed by atoms with Crippen LogP contribution in [0.2, 0.25) is 0 Å². The number of carbonyl (C=O) groups is 1. The number of aromatic nitrogens is 6. The molecule has 182 valence electrons. The lowest BCUT2D eigenvalue weighted by atomic mass is 10.0. The smallest absolute Gasteiger partial charge is 0.226 e. The molecular formula is C28H22FN7O. The van der Waals surface area contributed by atoms with Gasteiger partial charge < -0.3 is 10.3 Å². The van der Waals surface area contributed by atoms with Crippen LogP contribution in [0.4, 0.5) is 10.1 Å². The van der Waals surface area contributed by atoms with Crippen LogP contribution in [0.25, 0.3) is 55.8 Å². The number of pyridine rings is 2. The minimum absolute atomic E-state index is 0.0745. The molecule has 1 amide bonds. The van der Waals surface area contributed by atoms with Gasteiger partial charge in [-0.05, 0) is 35.9 Å². The first kappa shape index (κ1) is 22.5. The van der Waals surface area contributed by atoms with Gasteiger partial charge in [0.1, 0.15) is 11.5 Å². The highest BCUT2D eigenvalue weighted by Gasteiger charge is 2.16.